The molecule has 1 aliphatic heterocycles. The van der Waals surface area contributed by atoms with Gasteiger partial charge in [-0.1, -0.05) is 20.8 Å². The quantitative estimate of drug-likeness (QED) is 0.630. The van der Waals surface area contributed by atoms with Crippen molar-refractivity contribution in [3.05, 3.63) is 0 Å². The Morgan fingerprint density at radius 1 is 1.50 bits per heavy atom. The molecule has 1 rings (SSSR count). The van der Waals surface area contributed by atoms with Crippen molar-refractivity contribution in [2.24, 2.45) is 10.5 Å². The van der Waals surface area contributed by atoms with Crippen molar-refractivity contribution in [2.75, 3.05) is 6.54 Å². The topological polar surface area (TPSA) is 42.6 Å². The summed E-state index contributed by atoms with van der Waals surface area (Å²) in [4.78, 5) is 1.62. The third kappa shape index (κ3) is 2.38. The van der Waals surface area contributed by atoms with Gasteiger partial charge in [0.15, 0.2) is 6.19 Å². The summed E-state index contributed by atoms with van der Waals surface area (Å²) in [5, 5.41) is 15.0. The zero-order valence-electron chi connectivity index (χ0n) is 9.36. The van der Waals surface area contributed by atoms with Gasteiger partial charge in [-0.05, 0) is 18.8 Å². The van der Waals surface area contributed by atoms with Crippen LogP contribution in [0.5, 0.6) is 0 Å². The van der Waals surface area contributed by atoms with Gasteiger partial charge in [-0.3, -0.25) is 5.01 Å². The van der Waals surface area contributed by atoms with Crippen LogP contribution in [0.2, 0.25) is 0 Å². The highest BCUT2D eigenvalue weighted by Gasteiger charge is 2.30. The van der Waals surface area contributed by atoms with Crippen LogP contribution >= 0.6 is 0 Å². The second kappa shape index (κ2) is 3.87. The molecule has 1 aliphatic rings. The van der Waals surface area contributed by atoms with Gasteiger partial charge < -0.3 is 0 Å². The Kier molecular flexibility index (Phi) is 3.00. The Balaban J connectivity index is 2.69. The molecular formula is C10H18N4. The average molecular weight is 194 g/mol. The normalized spacial score (nSPS) is 21.5. The molecular weight excluding hydrogens is 176 g/mol. The first-order chi connectivity index (χ1) is 6.48. The molecule has 0 spiro atoms. The van der Waals surface area contributed by atoms with Gasteiger partial charge >= 0.3 is 0 Å². The number of hydrazone groups is 1. The van der Waals surface area contributed by atoms with E-state index in [1.807, 2.05) is 11.9 Å². The molecule has 0 aromatic heterocycles. The smallest absolute Gasteiger partial charge is 0.187 e. The van der Waals surface area contributed by atoms with E-state index in [2.05, 4.69) is 32.1 Å². The summed E-state index contributed by atoms with van der Waals surface area (Å²) in [5.41, 5.74) is 0.209. The van der Waals surface area contributed by atoms with E-state index in [1.165, 1.54) is 0 Å². The van der Waals surface area contributed by atoms with E-state index in [0.29, 0.717) is 0 Å². The lowest BCUT2D eigenvalue weighted by Crippen LogP contribution is -2.39. The van der Waals surface area contributed by atoms with Gasteiger partial charge in [0.05, 0.1) is 0 Å². The number of hydrogen-bond acceptors (Lipinski definition) is 4. The number of nitrogens with zero attached hydrogens (tertiary/aromatic N) is 4. The van der Waals surface area contributed by atoms with E-state index in [0.717, 1.165) is 13.0 Å². The Morgan fingerprint density at radius 3 is 2.57 bits per heavy atom. The first-order valence-corrected chi connectivity index (χ1v) is 4.97. The lowest BCUT2D eigenvalue weighted by Gasteiger charge is -2.31. The second-order valence-corrected chi connectivity index (χ2v) is 4.74. The molecule has 0 radical (unpaired) electrons. The second-order valence-electron chi connectivity index (χ2n) is 4.74. The van der Waals surface area contributed by atoms with Crippen LogP contribution in [0.4, 0.5) is 0 Å². The SMILES string of the molecule is CCN1N=CN(C#N)C1CC(C)(C)C. The molecule has 1 unspecified atom stereocenters. The zero-order valence-corrected chi connectivity index (χ0v) is 9.36. The Morgan fingerprint density at radius 2 is 2.14 bits per heavy atom. The standard InChI is InChI=1S/C10H18N4/c1-5-14-9(6-10(2,3)4)13(7-11)8-12-14/h8-9H,5-6H2,1-4H3. The van der Waals surface area contributed by atoms with Gasteiger partial charge in [0.2, 0.25) is 0 Å². The van der Waals surface area contributed by atoms with Gasteiger partial charge in [-0.15, -0.1) is 0 Å². The van der Waals surface area contributed by atoms with Crippen molar-refractivity contribution in [2.45, 2.75) is 40.3 Å². The Bertz CT molecular complexity index is 258. The largest absolute Gasteiger partial charge is 0.272 e. The van der Waals surface area contributed by atoms with Crippen LogP contribution in [-0.4, -0.2) is 29.0 Å². The molecule has 1 heterocycles. The molecule has 0 saturated carbocycles. The monoisotopic (exact) mass is 194 g/mol. The summed E-state index contributed by atoms with van der Waals surface area (Å²) >= 11 is 0. The van der Waals surface area contributed by atoms with Gasteiger partial charge in [0.25, 0.3) is 0 Å². The highest BCUT2D eigenvalue weighted by Crippen LogP contribution is 2.27. The molecule has 0 aromatic carbocycles. The first kappa shape index (κ1) is 10.8. The lowest BCUT2D eigenvalue weighted by molar-refractivity contribution is 0.119. The fourth-order valence-electron chi connectivity index (χ4n) is 1.56. The molecule has 0 aromatic rings. The van der Waals surface area contributed by atoms with E-state index >= 15 is 0 Å². The summed E-state index contributed by atoms with van der Waals surface area (Å²) in [6, 6.07) is 0. The van der Waals surface area contributed by atoms with E-state index in [4.69, 9.17) is 5.26 Å². The zero-order chi connectivity index (χ0) is 10.8. The van der Waals surface area contributed by atoms with Crippen LogP contribution in [-0.2, 0) is 0 Å². The molecule has 14 heavy (non-hydrogen) atoms. The maximum Gasteiger partial charge on any atom is 0.187 e. The van der Waals surface area contributed by atoms with Crippen LogP contribution in [0.3, 0.4) is 0 Å². The maximum absolute atomic E-state index is 8.90. The molecule has 4 nitrogen and oxygen atoms in total. The Labute approximate surface area is 85.8 Å². The first-order valence-electron chi connectivity index (χ1n) is 4.97. The van der Waals surface area contributed by atoms with Crippen LogP contribution < -0.4 is 0 Å². The lowest BCUT2D eigenvalue weighted by atomic mass is 9.90. The minimum atomic E-state index is 0.102. The fourth-order valence-corrected chi connectivity index (χ4v) is 1.56. The highest BCUT2D eigenvalue weighted by atomic mass is 15.6. The minimum absolute atomic E-state index is 0.102. The van der Waals surface area contributed by atoms with Crippen LogP contribution in [0.25, 0.3) is 0 Å². The Hall–Kier alpha value is -1.24. The fraction of sp³-hybridized carbons (Fsp3) is 0.800. The van der Waals surface area contributed by atoms with Crippen molar-refractivity contribution in [3.8, 4) is 6.19 Å². The van der Waals surface area contributed by atoms with Crippen molar-refractivity contribution >= 4 is 6.34 Å². The predicted octanol–water partition coefficient (Wildman–Crippen LogP) is 1.81. The van der Waals surface area contributed by atoms with E-state index in [1.54, 1.807) is 11.2 Å². The van der Waals surface area contributed by atoms with E-state index in [9.17, 15) is 0 Å². The van der Waals surface area contributed by atoms with Crippen molar-refractivity contribution in [1.82, 2.24) is 9.91 Å². The molecule has 78 valence electrons. The summed E-state index contributed by atoms with van der Waals surface area (Å²) in [6.07, 6.45) is 4.80. The van der Waals surface area contributed by atoms with E-state index < -0.39 is 0 Å². The van der Waals surface area contributed by atoms with Crippen molar-refractivity contribution in [1.29, 1.82) is 5.26 Å². The summed E-state index contributed by atoms with van der Waals surface area (Å²) < 4.78 is 0. The van der Waals surface area contributed by atoms with Gasteiger partial charge in [0.1, 0.15) is 12.5 Å². The molecule has 1 atom stereocenters. The summed E-state index contributed by atoms with van der Waals surface area (Å²) in [7, 11) is 0. The highest BCUT2D eigenvalue weighted by molar-refractivity contribution is 5.59. The molecule has 0 saturated heterocycles. The van der Waals surface area contributed by atoms with Gasteiger partial charge in [0, 0.05) is 6.54 Å². The summed E-state index contributed by atoms with van der Waals surface area (Å²) in [6.45, 7) is 9.42. The molecule has 0 amide bonds. The minimum Gasteiger partial charge on any atom is -0.272 e. The number of hydrogen-bond donors (Lipinski definition) is 0. The van der Waals surface area contributed by atoms with Crippen LogP contribution in [0, 0.1) is 16.9 Å². The molecule has 0 N–H and O–H groups in total. The third-order valence-electron chi connectivity index (χ3n) is 2.22. The van der Waals surface area contributed by atoms with Gasteiger partial charge in [-0.25, -0.2) is 4.90 Å². The average Bonchev–Trinajstić information content (AvgIpc) is 2.44. The van der Waals surface area contributed by atoms with Crippen molar-refractivity contribution < 1.29 is 0 Å². The third-order valence-corrected chi connectivity index (χ3v) is 2.22. The molecule has 0 bridgehead atoms. The van der Waals surface area contributed by atoms with E-state index in [-0.39, 0.29) is 11.6 Å². The molecule has 0 aliphatic carbocycles. The van der Waals surface area contributed by atoms with Crippen LogP contribution in [0.1, 0.15) is 34.1 Å². The number of nitriles is 1. The van der Waals surface area contributed by atoms with Gasteiger partial charge in [-0.2, -0.15) is 10.4 Å². The maximum atomic E-state index is 8.90. The van der Waals surface area contributed by atoms with Crippen molar-refractivity contribution in [3.63, 3.8) is 0 Å². The molecule has 0 fully saturated rings. The van der Waals surface area contributed by atoms with Crippen LogP contribution in [0.15, 0.2) is 5.10 Å². The molecule has 4 heteroatoms. The number of rotatable bonds is 2. The predicted molar refractivity (Wildman–Crippen MR) is 56.2 cm³/mol. The summed E-state index contributed by atoms with van der Waals surface area (Å²) in [5.74, 6) is 0.